The maximum Gasteiger partial charge on any atom is 0.333 e. The van der Waals surface area contributed by atoms with Crippen LogP contribution in [0.4, 0.5) is 4.79 Å². The van der Waals surface area contributed by atoms with Crippen molar-refractivity contribution in [3.8, 4) is 5.75 Å². The van der Waals surface area contributed by atoms with Crippen LogP contribution in [0, 0.1) is 16.0 Å². The Morgan fingerprint density at radius 2 is 1.37 bits per heavy atom. The van der Waals surface area contributed by atoms with Gasteiger partial charge in [-0.3, -0.25) is 28.3 Å². The van der Waals surface area contributed by atoms with Gasteiger partial charge in [0, 0.05) is 25.4 Å². The molecule has 1 aliphatic rings. The smallest absolute Gasteiger partial charge is 0.333 e. The van der Waals surface area contributed by atoms with E-state index < -0.39 is 151 Å². The Morgan fingerprint density at radius 1 is 0.769 bits per heavy atom. The number of carbonyl (C=O) groups is 5. The van der Waals surface area contributed by atoms with E-state index in [1.165, 1.54) is 30.9 Å². The van der Waals surface area contributed by atoms with Gasteiger partial charge in [-0.2, -0.15) is 0 Å². The Kier molecular flexibility index (Phi) is 27.7. The highest BCUT2D eigenvalue weighted by atomic mass is 28.4. The number of aliphatic hydroxyl groups excluding tert-OH is 2. The number of hydrogen-bond acceptors (Lipinski definition) is 19. The molecule has 4 amide bonds. The Balaban J connectivity index is 1.63. The molecule has 28 nitrogen and oxygen atoms in total. The van der Waals surface area contributed by atoms with Crippen molar-refractivity contribution in [1.29, 1.82) is 0 Å². The molecule has 0 spiro atoms. The lowest BCUT2D eigenvalue weighted by Crippen LogP contribution is -2.59. The number of nitrogens with two attached hydrogens (primary N) is 1. The first-order chi connectivity index (χ1) is 42.2. The second-order valence-electron chi connectivity index (χ2n) is 27.0. The lowest BCUT2D eigenvalue weighted by molar-refractivity contribution is -0.525. The molecule has 0 aliphatic carbocycles. The summed E-state index contributed by atoms with van der Waals surface area (Å²) in [6, 6.07) is 10.4. The van der Waals surface area contributed by atoms with E-state index in [-0.39, 0.29) is 52.0 Å². The number of urea groups is 1. The van der Waals surface area contributed by atoms with Gasteiger partial charge >= 0.3 is 23.7 Å². The molecule has 91 heavy (non-hydrogen) atoms. The molecule has 3 aromatic rings. The van der Waals surface area contributed by atoms with E-state index >= 15 is 0 Å². The molecule has 1 aliphatic heterocycles. The van der Waals surface area contributed by atoms with Crippen LogP contribution in [0.3, 0.4) is 0 Å². The van der Waals surface area contributed by atoms with E-state index in [0.717, 1.165) is 4.57 Å². The third kappa shape index (κ3) is 22.6. The molecule has 0 radical (unpaired) electrons. The number of carbonyl (C=O) groups excluding carboxylic acids is 5. The summed E-state index contributed by atoms with van der Waals surface area (Å²) in [6.07, 6.45) is -6.90. The van der Waals surface area contributed by atoms with Crippen molar-refractivity contribution in [2.45, 2.75) is 218 Å². The zero-order valence-corrected chi connectivity index (χ0v) is 57.7. The van der Waals surface area contributed by atoms with Crippen LogP contribution >= 0.6 is 0 Å². The number of amides is 4. The van der Waals surface area contributed by atoms with Crippen LogP contribution in [0.25, 0.3) is 0 Å². The molecule has 2 unspecified atom stereocenters. The van der Waals surface area contributed by atoms with Crippen LogP contribution in [0.1, 0.15) is 120 Å². The molecular formula is C61H99N11O17Si2. The number of benzene rings is 2. The minimum atomic E-state index is -2.87. The monoisotopic (exact) mass is 1310 g/mol. The molecule has 0 saturated carbocycles. The Hall–Kier alpha value is -7.07. The average Bonchev–Trinajstić information content (AvgIpc) is 1.62. The van der Waals surface area contributed by atoms with Gasteiger partial charge in [0.15, 0.2) is 27.9 Å². The Labute approximate surface area is 534 Å². The molecule has 2 heterocycles. The van der Waals surface area contributed by atoms with Crippen LogP contribution in [-0.4, -0.2) is 164 Å². The number of nitro groups is 1. The number of methoxy groups -OCH3 is 1. The summed E-state index contributed by atoms with van der Waals surface area (Å²) in [7, 11) is -4.18. The van der Waals surface area contributed by atoms with Crippen molar-refractivity contribution in [3.63, 3.8) is 0 Å². The summed E-state index contributed by atoms with van der Waals surface area (Å²) in [5.74, 6) is -3.77. The normalized spacial score (nSPS) is 18.6. The standard InChI is InChI=1S/C61H99N11O17Si2/c1-37(2)44(54(78)85-36-40-23-19-18-20-24-40)68-57(80)66-42(25-21-31-65-56(62)69-72(82)83)51(76)67-45(38(3)73)52(77)64-33-22-32-63-46(55(79)87-59(4,5)6)47(75)48-49(88-90(14,15)60(7,8)9)50(89-91(16,17)61(10,11)12)53(86-48)70-34-30-43(74)71(58(70)81)35-39-26-28-41(84-13)29-27-39/h18-20,23-24,26-30,34,37-38,42,44-50,53,63,73,75H,21-22,25,31-33,35-36H2,1-17H3,(H,64,77)(H,67,76)(H3,62,65,69)(H2,66,68,80)/t38-,42+,44+,45?,46+,47-,48?,49-,50-,53-/m1/s1. The fourth-order valence-electron chi connectivity index (χ4n) is 9.02. The van der Waals surface area contributed by atoms with Gasteiger partial charge in [-0.15, -0.1) is 0 Å². The molecule has 1 aromatic heterocycles. The van der Waals surface area contributed by atoms with Crippen LogP contribution in [0.15, 0.2) is 81.4 Å². The largest absolute Gasteiger partial charge is 0.497 e. The number of nitrogens with one attached hydrogen (secondary N) is 6. The second kappa shape index (κ2) is 33.0. The lowest BCUT2D eigenvalue weighted by atomic mass is 9.99. The maximum absolute atomic E-state index is 14.8. The summed E-state index contributed by atoms with van der Waals surface area (Å²) < 4.78 is 40.4. The molecule has 4 rings (SSSR count). The Morgan fingerprint density at radius 3 is 1.92 bits per heavy atom. The van der Waals surface area contributed by atoms with Gasteiger partial charge in [0.25, 0.3) is 11.5 Å². The van der Waals surface area contributed by atoms with E-state index in [0.29, 0.717) is 16.9 Å². The minimum absolute atomic E-state index is 0.0220. The molecule has 0 bridgehead atoms. The van der Waals surface area contributed by atoms with E-state index in [4.69, 9.17) is 33.5 Å². The molecule has 30 heteroatoms. The predicted octanol–water partition coefficient (Wildman–Crippen LogP) is 4.09. The molecule has 10 atom stereocenters. The van der Waals surface area contributed by atoms with Crippen LogP contribution in [0.5, 0.6) is 5.75 Å². The zero-order chi connectivity index (χ0) is 68.6. The number of ether oxygens (including phenoxy) is 4. The first-order valence-electron chi connectivity index (χ1n) is 30.5. The summed E-state index contributed by atoms with van der Waals surface area (Å²) in [5, 5.41) is 46.3. The van der Waals surface area contributed by atoms with Gasteiger partial charge in [-0.1, -0.05) is 103 Å². The first kappa shape index (κ1) is 76.4. The minimum Gasteiger partial charge on any atom is -0.497 e. The third-order valence-corrected chi connectivity index (χ3v) is 25.1. The van der Waals surface area contributed by atoms with Crippen molar-refractivity contribution in [2.75, 3.05) is 26.7 Å². The number of aromatic nitrogens is 2. The van der Waals surface area contributed by atoms with E-state index in [2.05, 4.69) is 31.6 Å². The molecule has 508 valence electrons. The summed E-state index contributed by atoms with van der Waals surface area (Å²) in [6.45, 7) is 29.5. The Bertz CT molecular complexity index is 3070. The fraction of sp³-hybridized carbons (Fsp3) is 0.639. The van der Waals surface area contributed by atoms with Gasteiger partial charge in [-0.25, -0.2) is 29.5 Å². The van der Waals surface area contributed by atoms with Gasteiger partial charge < -0.3 is 70.3 Å². The SMILES string of the molecule is COc1ccc(Cn2c(=O)ccn([C@@H]3OC([C@H](O)[C@H](NCCCNC(=O)C(NC(=O)[C@H](CCCN=C(N)N[N+](=O)[O-])NC(=O)N[C@H](C(=O)OCc4ccccc4)C(C)C)[C@@H](C)O)C(=O)OC(C)(C)C)[C@@H](O[Si](C)(C)C(C)(C)C)[C@H]3O[Si](C)(C)C(C)(C)C)c2=O)cc1. The van der Waals surface area contributed by atoms with Crippen molar-refractivity contribution in [3.05, 3.63) is 109 Å². The molecule has 2 aromatic carbocycles. The number of aliphatic imine (C=N–C) groups is 1. The summed E-state index contributed by atoms with van der Waals surface area (Å²) in [5.41, 5.74) is 6.27. The van der Waals surface area contributed by atoms with E-state index in [1.54, 1.807) is 94.6 Å². The topological polar surface area (TPSA) is 379 Å². The predicted molar refractivity (Wildman–Crippen MR) is 346 cm³/mol. The van der Waals surface area contributed by atoms with Gasteiger partial charge in [0.05, 0.1) is 19.8 Å². The molecule has 1 fully saturated rings. The van der Waals surface area contributed by atoms with Crippen molar-refractivity contribution >= 4 is 52.4 Å². The molecule has 10 N–H and O–H groups in total. The van der Waals surface area contributed by atoms with Gasteiger partial charge in [-0.05, 0) is 119 Å². The lowest BCUT2D eigenvalue weighted by Gasteiger charge is -2.44. The zero-order valence-electron chi connectivity index (χ0n) is 55.7. The molecule has 1 saturated heterocycles. The number of hydrogen-bond donors (Lipinski definition) is 9. The maximum atomic E-state index is 14.8. The van der Waals surface area contributed by atoms with E-state index in [1.807, 2.05) is 67.7 Å². The van der Waals surface area contributed by atoms with Crippen LogP contribution < -0.4 is 53.7 Å². The van der Waals surface area contributed by atoms with Gasteiger partial charge in [0.1, 0.15) is 66.5 Å². The highest BCUT2D eigenvalue weighted by molar-refractivity contribution is 6.74. The highest BCUT2D eigenvalue weighted by Gasteiger charge is 2.58. The fourth-order valence-corrected chi connectivity index (χ4v) is 11.6. The second-order valence-corrected chi connectivity index (χ2v) is 36.6. The number of nitrogens with zero attached hydrogens (tertiary/aromatic N) is 4. The van der Waals surface area contributed by atoms with Crippen LogP contribution in [-0.2, 0) is 55.4 Å². The highest BCUT2D eigenvalue weighted by Crippen LogP contribution is 2.46. The number of guanidine groups is 1. The number of aliphatic hydroxyl groups is 2. The van der Waals surface area contributed by atoms with Crippen molar-refractivity contribution in [1.82, 2.24) is 41.1 Å². The number of hydrazine groups is 1. The average molecular weight is 1310 g/mol. The summed E-state index contributed by atoms with van der Waals surface area (Å²) >= 11 is 0. The third-order valence-electron chi connectivity index (χ3n) is 16.2. The van der Waals surface area contributed by atoms with Gasteiger partial charge in [0.2, 0.25) is 11.8 Å². The molecular weight excluding hydrogens is 1210 g/mol. The number of esters is 2. The van der Waals surface area contributed by atoms with Crippen molar-refractivity contribution in [2.24, 2.45) is 16.6 Å². The first-order valence-corrected chi connectivity index (χ1v) is 36.3. The van der Waals surface area contributed by atoms with Crippen LogP contribution in [0.2, 0.25) is 36.3 Å². The number of rotatable bonds is 31. The van der Waals surface area contributed by atoms with E-state index in [9.17, 15) is 53.9 Å². The summed E-state index contributed by atoms with van der Waals surface area (Å²) in [4.78, 5) is 112. The van der Waals surface area contributed by atoms with Crippen molar-refractivity contribution < 1.29 is 67.0 Å². The quantitative estimate of drug-likeness (QED) is 0.00833.